The second-order valence-corrected chi connectivity index (χ2v) is 7.37. The normalized spacial score (nSPS) is 20.1. The number of nitrogens with one attached hydrogen (secondary N) is 1. The average molecular weight is 369 g/mol. The number of amides is 1. The van der Waals surface area contributed by atoms with Gasteiger partial charge in [-0.25, -0.2) is 0 Å². The highest BCUT2D eigenvalue weighted by atomic mass is 16.5. The van der Waals surface area contributed by atoms with Crippen molar-refractivity contribution in [3.05, 3.63) is 41.0 Å². The topological polar surface area (TPSA) is 72.3 Å². The Balaban J connectivity index is 1.53. The van der Waals surface area contributed by atoms with Crippen molar-refractivity contribution in [2.45, 2.75) is 38.6 Å². The van der Waals surface area contributed by atoms with Gasteiger partial charge in [0.25, 0.3) is 5.91 Å². The standard InChI is InChI=1S/C20H27N5O2/c1-14-5-3-7-16(18(14)27-2)20(26)24-10-8-17-22-23-19(25(17)12-11-24)15-6-4-9-21-13-15/h3,5,7,15,21H,4,6,8-13H2,1-2H3/t15-/m1/s1. The number of ether oxygens (including phenoxy) is 1. The predicted octanol–water partition coefficient (Wildman–Crippen LogP) is 1.76. The summed E-state index contributed by atoms with van der Waals surface area (Å²) in [6.45, 7) is 6.06. The van der Waals surface area contributed by atoms with Crippen LogP contribution in [0.2, 0.25) is 0 Å². The third-order valence-electron chi connectivity index (χ3n) is 5.65. The number of fused-ring (bicyclic) bond motifs is 1. The molecule has 0 bridgehead atoms. The van der Waals surface area contributed by atoms with Crippen molar-refractivity contribution in [1.29, 1.82) is 0 Å². The third kappa shape index (κ3) is 3.43. The van der Waals surface area contributed by atoms with Crippen LogP contribution < -0.4 is 10.1 Å². The summed E-state index contributed by atoms with van der Waals surface area (Å²) in [5.41, 5.74) is 1.61. The monoisotopic (exact) mass is 369 g/mol. The number of rotatable bonds is 3. The molecule has 1 N–H and O–H groups in total. The van der Waals surface area contributed by atoms with Gasteiger partial charge in [0.05, 0.1) is 12.7 Å². The summed E-state index contributed by atoms with van der Waals surface area (Å²) in [4.78, 5) is 15.0. The molecule has 1 fully saturated rings. The van der Waals surface area contributed by atoms with Gasteiger partial charge in [-0.05, 0) is 37.9 Å². The first kappa shape index (κ1) is 18.0. The van der Waals surface area contributed by atoms with Crippen molar-refractivity contribution in [2.75, 3.05) is 33.3 Å². The fourth-order valence-electron chi connectivity index (χ4n) is 4.18. The van der Waals surface area contributed by atoms with Crippen LogP contribution in [0.4, 0.5) is 0 Å². The molecule has 7 nitrogen and oxygen atoms in total. The zero-order chi connectivity index (χ0) is 18.8. The van der Waals surface area contributed by atoms with Crippen LogP contribution in [0.5, 0.6) is 5.75 Å². The van der Waals surface area contributed by atoms with E-state index in [2.05, 4.69) is 20.1 Å². The Bertz CT molecular complexity index is 826. The maximum absolute atomic E-state index is 13.1. The number of aromatic nitrogens is 3. The fourth-order valence-corrected chi connectivity index (χ4v) is 4.18. The number of aryl methyl sites for hydroxylation is 1. The molecule has 7 heteroatoms. The summed E-state index contributed by atoms with van der Waals surface area (Å²) in [7, 11) is 1.62. The minimum absolute atomic E-state index is 0.0233. The first-order valence-corrected chi connectivity index (χ1v) is 9.74. The molecule has 1 aromatic heterocycles. The van der Waals surface area contributed by atoms with Gasteiger partial charge >= 0.3 is 0 Å². The van der Waals surface area contributed by atoms with Gasteiger partial charge in [0.1, 0.15) is 17.4 Å². The number of nitrogens with zero attached hydrogens (tertiary/aromatic N) is 4. The molecule has 2 aliphatic rings. The van der Waals surface area contributed by atoms with E-state index in [0.717, 1.165) is 49.7 Å². The van der Waals surface area contributed by atoms with E-state index in [1.54, 1.807) is 7.11 Å². The first-order chi connectivity index (χ1) is 13.2. The Labute approximate surface area is 159 Å². The molecule has 27 heavy (non-hydrogen) atoms. The van der Waals surface area contributed by atoms with Crippen molar-refractivity contribution in [1.82, 2.24) is 25.0 Å². The van der Waals surface area contributed by atoms with Crippen LogP contribution in [0.15, 0.2) is 18.2 Å². The van der Waals surface area contributed by atoms with E-state index in [4.69, 9.17) is 4.74 Å². The quantitative estimate of drug-likeness (QED) is 0.893. The van der Waals surface area contributed by atoms with E-state index in [-0.39, 0.29) is 5.91 Å². The molecule has 4 rings (SSSR count). The highest BCUT2D eigenvalue weighted by Gasteiger charge is 2.27. The molecule has 1 saturated heterocycles. The summed E-state index contributed by atoms with van der Waals surface area (Å²) < 4.78 is 7.72. The maximum Gasteiger partial charge on any atom is 0.257 e. The lowest BCUT2D eigenvalue weighted by Crippen LogP contribution is -2.34. The minimum Gasteiger partial charge on any atom is -0.496 e. The molecule has 1 amide bonds. The smallest absolute Gasteiger partial charge is 0.257 e. The molecule has 144 valence electrons. The largest absolute Gasteiger partial charge is 0.496 e. The Kier molecular flexibility index (Phi) is 5.11. The number of piperidine rings is 1. The van der Waals surface area contributed by atoms with Gasteiger partial charge in [0.2, 0.25) is 0 Å². The van der Waals surface area contributed by atoms with E-state index in [9.17, 15) is 4.79 Å². The van der Waals surface area contributed by atoms with E-state index >= 15 is 0 Å². The van der Waals surface area contributed by atoms with Crippen molar-refractivity contribution >= 4 is 5.91 Å². The van der Waals surface area contributed by atoms with Gasteiger partial charge in [0.15, 0.2) is 0 Å². The van der Waals surface area contributed by atoms with E-state index in [1.807, 2.05) is 30.0 Å². The molecule has 2 aliphatic heterocycles. The lowest BCUT2D eigenvalue weighted by atomic mass is 9.99. The number of benzene rings is 1. The average Bonchev–Trinajstić information content (AvgIpc) is 2.99. The number of para-hydroxylation sites is 1. The second kappa shape index (κ2) is 7.68. The lowest BCUT2D eigenvalue weighted by Gasteiger charge is -2.24. The van der Waals surface area contributed by atoms with Crippen LogP contribution in [0.3, 0.4) is 0 Å². The van der Waals surface area contributed by atoms with Crippen LogP contribution in [0.25, 0.3) is 0 Å². The minimum atomic E-state index is 0.0233. The predicted molar refractivity (Wildman–Crippen MR) is 102 cm³/mol. The molecule has 1 atom stereocenters. The number of carbonyl (C=O) groups excluding carboxylic acids is 1. The first-order valence-electron chi connectivity index (χ1n) is 9.74. The van der Waals surface area contributed by atoms with Gasteiger partial charge in [-0.2, -0.15) is 0 Å². The van der Waals surface area contributed by atoms with Crippen molar-refractivity contribution in [2.24, 2.45) is 0 Å². The molecule has 0 saturated carbocycles. The Morgan fingerprint density at radius 1 is 1.26 bits per heavy atom. The second-order valence-electron chi connectivity index (χ2n) is 7.37. The van der Waals surface area contributed by atoms with Gasteiger partial charge in [0, 0.05) is 38.5 Å². The number of methoxy groups -OCH3 is 1. The van der Waals surface area contributed by atoms with Crippen LogP contribution >= 0.6 is 0 Å². The molecular formula is C20H27N5O2. The molecule has 0 radical (unpaired) electrons. The van der Waals surface area contributed by atoms with E-state index < -0.39 is 0 Å². The SMILES string of the molecule is COc1c(C)cccc1C(=O)N1CCc2nnc([C@@H]3CCCNC3)n2CC1. The molecule has 2 aromatic rings. The van der Waals surface area contributed by atoms with Gasteiger partial charge < -0.3 is 19.5 Å². The van der Waals surface area contributed by atoms with Crippen molar-refractivity contribution < 1.29 is 9.53 Å². The van der Waals surface area contributed by atoms with Crippen LogP contribution in [0, 0.1) is 6.92 Å². The number of carbonyl (C=O) groups is 1. The highest BCUT2D eigenvalue weighted by Crippen LogP contribution is 2.26. The summed E-state index contributed by atoms with van der Waals surface area (Å²) in [6, 6.07) is 5.72. The zero-order valence-electron chi connectivity index (χ0n) is 16.1. The summed E-state index contributed by atoms with van der Waals surface area (Å²) in [6.07, 6.45) is 3.05. The lowest BCUT2D eigenvalue weighted by molar-refractivity contribution is 0.0755. The number of hydrogen-bond acceptors (Lipinski definition) is 5. The molecule has 0 unspecified atom stereocenters. The van der Waals surface area contributed by atoms with Crippen LogP contribution in [0.1, 0.15) is 46.3 Å². The molecule has 0 spiro atoms. The molecule has 3 heterocycles. The zero-order valence-corrected chi connectivity index (χ0v) is 16.1. The van der Waals surface area contributed by atoms with Gasteiger partial charge in [-0.3, -0.25) is 4.79 Å². The van der Waals surface area contributed by atoms with Crippen molar-refractivity contribution in [3.8, 4) is 5.75 Å². The van der Waals surface area contributed by atoms with Gasteiger partial charge in [-0.1, -0.05) is 12.1 Å². The van der Waals surface area contributed by atoms with E-state index in [0.29, 0.717) is 30.3 Å². The fraction of sp³-hybridized carbons (Fsp3) is 0.550. The third-order valence-corrected chi connectivity index (χ3v) is 5.65. The maximum atomic E-state index is 13.1. The highest BCUT2D eigenvalue weighted by molar-refractivity contribution is 5.97. The Hall–Kier alpha value is -2.41. The Morgan fingerprint density at radius 2 is 2.15 bits per heavy atom. The van der Waals surface area contributed by atoms with Crippen LogP contribution in [-0.4, -0.2) is 58.9 Å². The van der Waals surface area contributed by atoms with Crippen molar-refractivity contribution in [3.63, 3.8) is 0 Å². The molecule has 1 aromatic carbocycles. The Morgan fingerprint density at radius 3 is 2.93 bits per heavy atom. The summed E-state index contributed by atoms with van der Waals surface area (Å²) in [5, 5.41) is 12.4. The number of hydrogen-bond donors (Lipinski definition) is 1. The molecule has 0 aliphatic carbocycles. The molecular weight excluding hydrogens is 342 g/mol. The summed E-state index contributed by atoms with van der Waals surface area (Å²) >= 11 is 0. The van der Waals surface area contributed by atoms with Crippen LogP contribution in [-0.2, 0) is 13.0 Å². The van der Waals surface area contributed by atoms with Gasteiger partial charge in [-0.15, -0.1) is 10.2 Å². The van der Waals surface area contributed by atoms with E-state index in [1.165, 1.54) is 6.42 Å². The summed E-state index contributed by atoms with van der Waals surface area (Å²) in [5.74, 6) is 3.16.